The first-order valence-corrected chi connectivity index (χ1v) is 7.72. The smallest absolute Gasteiger partial charge is 0.168 e. The average Bonchev–Trinajstić information content (AvgIpc) is 2.49. The first-order valence-electron chi connectivity index (χ1n) is 6.40. The molecule has 0 aliphatic heterocycles. The molecule has 2 N–H and O–H groups in total. The molecule has 0 radical (unpaired) electrons. The topological polar surface area (TPSA) is 41.5 Å². The second-order valence-electron chi connectivity index (χ2n) is 4.51. The Balaban J connectivity index is 2.09. The van der Waals surface area contributed by atoms with Gasteiger partial charge in [-0.3, -0.25) is 0 Å². The van der Waals surface area contributed by atoms with Crippen LogP contribution in [-0.2, 0) is 0 Å². The maximum absolute atomic E-state index is 13.6. The summed E-state index contributed by atoms with van der Waals surface area (Å²) in [7, 11) is 0. The minimum Gasteiger partial charge on any atom is -0.453 e. The van der Waals surface area contributed by atoms with Gasteiger partial charge in [-0.1, -0.05) is 0 Å². The van der Waals surface area contributed by atoms with Gasteiger partial charge in [-0.25, -0.2) is 8.78 Å². The van der Waals surface area contributed by atoms with Gasteiger partial charge in [0.1, 0.15) is 11.6 Å². The Kier molecular flexibility index (Phi) is 5.99. The van der Waals surface area contributed by atoms with Gasteiger partial charge in [-0.05, 0) is 46.3 Å². The molecule has 1 atom stereocenters. The quantitative estimate of drug-likeness (QED) is 0.710. The number of aliphatic hydroxyl groups excluding tert-OH is 1. The Morgan fingerprint density at radius 1 is 1.18 bits per heavy atom. The largest absolute Gasteiger partial charge is 0.453 e. The SMILES string of the molecule is OC(CCl)CNc1ccc(Oc2ccc(F)cc2F)c(Br)c1. The fourth-order valence-electron chi connectivity index (χ4n) is 1.66. The van der Waals surface area contributed by atoms with Crippen LogP contribution in [0.1, 0.15) is 0 Å². The zero-order valence-electron chi connectivity index (χ0n) is 11.3. The van der Waals surface area contributed by atoms with Crippen molar-refractivity contribution in [3.05, 3.63) is 52.5 Å². The van der Waals surface area contributed by atoms with E-state index in [2.05, 4.69) is 21.2 Å². The summed E-state index contributed by atoms with van der Waals surface area (Å²) < 4.78 is 32.4. The van der Waals surface area contributed by atoms with Crippen molar-refractivity contribution in [2.24, 2.45) is 0 Å². The van der Waals surface area contributed by atoms with Crippen molar-refractivity contribution in [2.45, 2.75) is 6.10 Å². The number of benzene rings is 2. The lowest BCUT2D eigenvalue weighted by molar-refractivity contribution is 0.211. The van der Waals surface area contributed by atoms with Gasteiger partial charge < -0.3 is 15.2 Å². The van der Waals surface area contributed by atoms with Crippen LogP contribution in [0.2, 0.25) is 0 Å². The third-order valence-corrected chi connectivity index (χ3v) is 3.74. The molecule has 0 saturated heterocycles. The van der Waals surface area contributed by atoms with Gasteiger partial charge in [0.2, 0.25) is 0 Å². The van der Waals surface area contributed by atoms with E-state index in [9.17, 15) is 13.9 Å². The van der Waals surface area contributed by atoms with Crippen LogP contribution in [0.5, 0.6) is 11.5 Å². The van der Waals surface area contributed by atoms with Crippen molar-refractivity contribution in [3.63, 3.8) is 0 Å². The van der Waals surface area contributed by atoms with Crippen LogP contribution in [0.3, 0.4) is 0 Å². The van der Waals surface area contributed by atoms with Crippen LogP contribution in [0.25, 0.3) is 0 Å². The van der Waals surface area contributed by atoms with Gasteiger partial charge in [0, 0.05) is 18.3 Å². The van der Waals surface area contributed by atoms with Crippen molar-refractivity contribution in [3.8, 4) is 11.5 Å². The summed E-state index contributed by atoms with van der Waals surface area (Å²) in [6.45, 7) is 0.308. The molecule has 0 aromatic heterocycles. The molecular weight excluding hydrogens is 380 g/mol. The van der Waals surface area contributed by atoms with Crippen LogP contribution in [-0.4, -0.2) is 23.6 Å². The van der Waals surface area contributed by atoms with E-state index < -0.39 is 17.7 Å². The lowest BCUT2D eigenvalue weighted by Crippen LogP contribution is -2.20. The Bertz CT molecular complexity index is 657. The molecule has 0 fully saturated rings. The fourth-order valence-corrected chi connectivity index (χ4v) is 2.23. The molecule has 0 aliphatic carbocycles. The second-order valence-corrected chi connectivity index (χ2v) is 5.67. The maximum Gasteiger partial charge on any atom is 0.168 e. The third-order valence-electron chi connectivity index (χ3n) is 2.77. The Morgan fingerprint density at radius 3 is 2.55 bits per heavy atom. The predicted molar refractivity (Wildman–Crippen MR) is 85.8 cm³/mol. The van der Waals surface area contributed by atoms with Crippen molar-refractivity contribution < 1.29 is 18.6 Å². The number of alkyl halides is 1. The van der Waals surface area contributed by atoms with E-state index in [0.717, 1.165) is 17.8 Å². The molecule has 0 saturated carbocycles. The summed E-state index contributed by atoms with van der Waals surface area (Å²) in [5, 5.41) is 12.4. The van der Waals surface area contributed by atoms with E-state index in [4.69, 9.17) is 16.3 Å². The zero-order chi connectivity index (χ0) is 16.1. The molecule has 0 aliphatic rings. The van der Waals surface area contributed by atoms with Gasteiger partial charge in [0.25, 0.3) is 0 Å². The van der Waals surface area contributed by atoms with Gasteiger partial charge in [-0.15, -0.1) is 11.6 Å². The second kappa shape index (κ2) is 7.76. The molecule has 2 aromatic carbocycles. The number of nitrogens with one attached hydrogen (secondary N) is 1. The fraction of sp³-hybridized carbons (Fsp3) is 0.200. The standard InChI is InChI=1S/C15H13BrClF2NO2/c16-12-6-10(20-8-11(21)7-17)2-4-14(12)22-15-3-1-9(18)5-13(15)19/h1-6,11,20-21H,7-8H2. The van der Waals surface area contributed by atoms with E-state index in [1.165, 1.54) is 6.07 Å². The summed E-state index contributed by atoms with van der Waals surface area (Å²) in [6.07, 6.45) is -0.648. The molecule has 0 amide bonds. The third kappa shape index (κ3) is 4.56. The van der Waals surface area contributed by atoms with E-state index in [-0.39, 0.29) is 11.6 Å². The number of rotatable bonds is 6. The molecule has 3 nitrogen and oxygen atoms in total. The first kappa shape index (κ1) is 17.0. The Hall–Kier alpha value is -1.37. The number of anilines is 1. The minimum atomic E-state index is -0.778. The highest BCUT2D eigenvalue weighted by Crippen LogP contribution is 2.33. The lowest BCUT2D eigenvalue weighted by Gasteiger charge is -2.13. The van der Waals surface area contributed by atoms with E-state index in [1.807, 2.05) is 0 Å². The molecule has 2 aromatic rings. The van der Waals surface area contributed by atoms with Crippen LogP contribution in [0.4, 0.5) is 14.5 Å². The lowest BCUT2D eigenvalue weighted by atomic mass is 10.2. The van der Waals surface area contributed by atoms with Crippen molar-refractivity contribution in [1.82, 2.24) is 0 Å². The Labute approximate surface area is 140 Å². The first-order chi connectivity index (χ1) is 10.5. The van der Waals surface area contributed by atoms with Gasteiger partial charge >= 0.3 is 0 Å². The normalized spacial score (nSPS) is 12.0. The predicted octanol–water partition coefficient (Wildman–Crippen LogP) is 4.53. The van der Waals surface area contributed by atoms with Crippen molar-refractivity contribution >= 4 is 33.2 Å². The summed E-state index contributed by atoms with van der Waals surface area (Å²) in [5.74, 6) is -0.992. The molecule has 118 valence electrons. The van der Waals surface area contributed by atoms with E-state index in [0.29, 0.717) is 16.8 Å². The highest BCUT2D eigenvalue weighted by Gasteiger charge is 2.10. The Morgan fingerprint density at radius 2 is 1.91 bits per heavy atom. The summed E-state index contributed by atoms with van der Waals surface area (Å²) >= 11 is 8.83. The molecule has 2 rings (SSSR count). The molecular formula is C15H13BrClF2NO2. The number of aliphatic hydroxyl groups is 1. The van der Waals surface area contributed by atoms with Gasteiger partial charge in [0.15, 0.2) is 11.6 Å². The highest BCUT2D eigenvalue weighted by molar-refractivity contribution is 9.10. The molecule has 1 unspecified atom stereocenters. The minimum absolute atomic E-state index is 0.0691. The van der Waals surface area contributed by atoms with Crippen molar-refractivity contribution in [2.75, 3.05) is 17.7 Å². The van der Waals surface area contributed by atoms with Crippen LogP contribution in [0, 0.1) is 11.6 Å². The zero-order valence-corrected chi connectivity index (χ0v) is 13.7. The van der Waals surface area contributed by atoms with Crippen LogP contribution < -0.4 is 10.1 Å². The van der Waals surface area contributed by atoms with Crippen LogP contribution >= 0.6 is 27.5 Å². The molecule has 0 spiro atoms. The molecule has 22 heavy (non-hydrogen) atoms. The maximum atomic E-state index is 13.6. The molecule has 0 heterocycles. The summed E-state index contributed by atoms with van der Waals surface area (Å²) in [5.41, 5.74) is 0.739. The summed E-state index contributed by atoms with van der Waals surface area (Å²) in [6, 6.07) is 8.16. The van der Waals surface area contributed by atoms with E-state index in [1.54, 1.807) is 18.2 Å². The average molecular weight is 393 g/mol. The molecule has 0 bridgehead atoms. The number of ether oxygens (including phenoxy) is 1. The number of hydrogen-bond donors (Lipinski definition) is 2. The van der Waals surface area contributed by atoms with Gasteiger partial charge in [0.05, 0.1) is 16.5 Å². The van der Waals surface area contributed by atoms with Gasteiger partial charge in [-0.2, -0.15) is 0 Å². The monoisotopic (exact) mass is 391 g/mol. The molecule has 7 heteroatoms. The highest BCUT2D eigenvalue weighted by atomic mass is 79.9. The summed E-state index contributed by atoms with van der Waals surface area (Å²) in [4.78, 5) is 0. The van der Waals surface area contributed by atoms with E-state index >= 15 is 0 Å². The van der Waals surface area contributed by atoms with Crippen molar-refractivity contribution in [1.29, 1.82) is 0 Å². The number of halogens is 4. The number of hydrogen-bond acceptors (Lipinski definition) is 3. The van der Waals surface area contributed by atoms with Crippen LogP contribution in [0.15, 0.2) is 40.9 Å².